The fourth-order valence-electron chi connectivity index (χ4n) is 7.16. The van der Waals surface area contributed by atoms with Crippen LogP contribution in [0, 0.1) is 19.8 Å². The van der Waals surface area contributed by atoms with Crippen LogP contribution in [0.15, 0.2) is 60.7 Å². The van der Waals surface area contributed by atoms with Crippen molar-refractivity contribution in [2.45, 2.75) is 137 Å². The van der Waals surface area contributed by atoms with E-state index in [0.717, 1.165) is 57.5 Å². The van der Waals surface area contributed by atoms with E-state index in [2.05, 4.69) is 31.2 Å². The van der Waals surface area contributed by atoms with E-state index in [1.54, 1.807) is 0 Å². The van der Waals surface area contributed by atoms with Gasteiger partial charge in [0.05, 0.1) is 6.61 Å². The van der Waals surface area contributed by atoms with Gasteiger partial charge in [0.2, 0.25) is 0 Å². The number of amides is 1. The zero-order chi connectivity index (χ0) is 39.0. The Hall–Kier alpha value is -4.33. The molecule has 0 saturated heterocycles. The van der Waals surface area contributed by atoms with Gasteiger partial charge in [-0.15, -0.1) is 0 Å². The van der Waals surface area contributed by atoms with Crippen molar-refractivity contribution >= 4 is 18.0 Å². The van der Waals surface area contributed by atoms with Gasteiger partial charge in [-0.2, -0.15) is 0 Å². The molecule has 0 radical (unpaired) electrons. The molecule has 0 bridgehead atoms. The molecular weight excluding hydrogens is 679 g/mol. The first-order valence-electron chi connectivity index (χ1n) is 20.2. The van der Waals surface area contributed by atoms with Gasteiger partial charge < -0.3 is 18.9 Å². The second-order valence-corrected chi connectivity index (χ2v) is 15.3. The second kappa shape index (κ2) is 21.5. The molecule has 0 N–H and O–H groups in total. The minimum absolute atomic E-state index is 0.0194. The number of esters is 2. The number of carbonyl (C=O) groups is 3. The number of hydrogen-bond donors (Lipinski definition) is 0. The molecule has 8 heteroatoms. The zero-order valence-corrected chi connectivity index (χ0v) is 33.8. The summed E-state index contributed by atoms with van der Waals surface area (Å²) in [5.74, 6) is -0.590. The quantitative estimate of drug-likeness (QED) is 0.0575. The van der Waals surface area contributed by atoms with Crippen molar-refractivity contribution in [2.24, 2.45) is 5.92 Å². The monoisotopic (exact) mass is 741 g/mol. The van der Waals surface area contributed by atoms with Gasteiger partial charge in [-0.3, -0.25) is 4.90 Å². The highest BCUT2D eigenvalue weighted by atomic mass is 16.6. The first-order chi connectivity index (χ1) is 26.0. The predicted molar refractivity (Wildman–Crippen MR) is 215 cm³/mol. The Morgan fingerprint density at radius 1 is 0.741 bits per heavy atom. The van der Waals surface area contributed by atoms with Crippen molar-refractivity contribution in [1.29, 1.82) is 0 Å². The van der Waals surface area contributed by atoms with Crippen LogP contribution in [0.25, 0.3) is 11.1 Å². The fraction of sp³-hybridized carbons (Fsp3) is 0.543. The lowest BCUT2D eigenvalue weighted by Gasteiger charge is -2.28. The maximum absolute atomic E-state index is 13.5. The van der Waals surface area contributed by atoms with Crippen molar-refractivity contribution in [3.05, 3.63) is 88.5 Å². The third-order valence-corrected chi connectivity index (χ3v) is 10.5. The fourth-order valence-corrected chi connectivity index (χ4v) is 7.16. The molecule has 54 heavy (non-hydrogen) atoms. The van der Waals surface area contributed by atoms with Gasteiger partial charge in [0.25, 0.3) is 0 Å². The van der Waals surface area contributed by atoms with Crippen molar-refractivity contribution in [2.75, 3.05) is 20.3 Å². The highest BCUT2D eigenvalue weighted by molar-refractivity contribution is 5.84. The van der Waals surface area contributed by atoms with E-state index in [-0.39, 0.29) is 25.0 Å². The topological polar surface area (TPSA) is 91.4 Å². The molecule has 1 amide bonds. The van der Waals surface area contributed by atoms with Crippen molar-refractivity contribution in [3.8, 4) is 16.9 Å². The summed E-state index contributed by atoms with van der Waals surface area (Å²) in [6, 6.07) is 19.2. The summed E-state index contributed by atoms with van der Waals surface area (Å²) in [6.07, 6.45) is 11.2. The molecule has 0 spiro atoms. The van der Waals surface area contributed by atoms with E-state index in [4.69, 9.17) is 18.9 Å². The summed E-state index contributed by atoms with van der Waals surface area (Å²) in [7, 11) is 1.53. The largest absolute Gasteiger partial charge is 0.493 e. The third kappa shape index (κ3) is 12.1. The molecule has 294 valence electrons. The predicted octanol–water partition coefficient (Wildman–Crippen LogP) is 10.9. The molecule has 8 nitrogen and oxygen atoms in total. The van der Waals surface area contributed by atoms with Gasteiger partial charge in [0, 0.05) is 13.0 Å². The number of hydrogen-bond acceptors (Lipinski definition) is 7. The highest BCUT2D eigenvalue weighted by Crippen LogP contribution is 2.44. The number of fused-ring (bicyclic) bond motifs is 3. The molecule has 0 unspecified atom stereocenters. The van der Waals surface area contributed by atoms with E-state index < -0.39 is 30.2 Å². The lowest BCUT2D eigenvalue weighted by molar-refractivity contribution is -0.170. The van der Waals surface area contributed by atoms with E-state index in [9.17, 15) is 14.4 Å². The van der Waals surface area contributed by atoms with Crippen molar-refractivity contribution in [1.82, 2.24) is 4.90 Å². The SMILES string of the molecule is CCCCCCCCCCCCOc1cc(COC(=O)[C@@H](C)OC(=O)[C@H](CC(C)C)N(C)C(=O)OCC2c3ccccc3-c3ccccc32)cc(C)c1C. The number of carbonyl (C=O) groups excluding carboxylic acids is 3. The summed E-state index contributed by atoms with van der Waals surface area (Å²) in [6.45, 7) is 12.5. The Balaban J connectivity index is 1.25. The summed E-state index contributed by atoms with van der Waals surface area (Å²) in [4.78, 5) is 41.2. The van der Waals surface area contributed by atoms with Crippen LogP contribution in [0.1, 0.15) is 132 Å². The van der Waals surface area contributed by atoms with Crippen molar-refractivity contribution in [3.63, 3.8) is 0 Å². The third-order valence-electron chi connectivity index (χ3n) is 10.5. The van der Waals surface area contributed by atoms with Crippen molar-refractivity contribution < 1.29 is 33.3 Å². The Labute approximate surface area is 323 Å². The summed E-state index contributed by atoms with van der Waals surface area (Å²) < 4.78 is 23.2. The normalized spacial score (nSPS) is 13.2. The molecule has 2 atom stereocenters. The van der Waals surface area contributed by atoms with E-state index in [0.29, 0.717) is 13.0 Å². The van der Waals surface area contributed by atoms with Gasteiger partial charge in [-0.05, 0) is 84.5 Å². The smallest absolute Gasteiger partial charge is 0.410 e. The number of nitrogens with zero attached hydrogens (tertiary/aromatic N) is 1. The van der Waals surface area contributed by atoms with Gasteiger partial charge in [0.15, 0.2) is 6.10 Å². The average Bonchev–Trinajstić information content (AvgIpc) is 3.48. The number of likely N-dealkylation sites (N-methyl/N-ethyl adjacent to an activating group) is 1. The lowest BCUT2D eigenvalue weighted by Crippen LogP contribution is -2.46. The maximum Gasteiger partial charge on any atom is 0.410 e. The first-order valence-corrected chi connectivity index (χ1v) is 20.2. The number of ether oxygens (including phenoxy) is 4. The molecule has 1 aliphatic carbocycles. The summed E-state index contributed by atoms with van der Waals surface area (Å²) in [5.41, 5.74) is 7.40. The first kappa shape index (κ1) is 42.4. The van der Waals surface area contributed by atoms with Crippen LogP contribution >= 0.6 is 0 Å². The number of unbranched alkanes of at least 4 members (excludes halogenated alkanes) is 9. The molecule has 0 fully saturated rings. The van der Waals surface area contributed by atoms with Crippen LogP contribution in [-0.2, 0) is 30.4 Å². The molecule has 4 rings (SSSR count). The van der Waals surface area contributed by atoms with Crippen LogP contribution in [0.2, 0.25) is 0 Å². The molecular formula is C46H63NO7. The highest BCUT2D eigenvalue weighted by Gasteiger charge is 2.34. The molecule has 0 saturated carbocycles. The molecule has 1 aliphatic rings. The Kier molecular flexibility index (Phi) is 16.9. The number of aryl methyl sites for hydroxylation is 1. The summed E-state index contributed by atoms with van der Waals surface area (Å²) in [5, 5.41) is 0. The number of benzene rings is 3. The van der Waals surface area contributed by atoms with Gasteiger partial charge >= 0.3 is 18.0 Å². The number of rotatable bonds is 22. The van der Waals surface area contributed by atoms with Crippen LogP contribution in [0.4, 0.5) is 4.79 Å². The minimum Gasteiger partial charge on any atom is -0.493 e. The molecule has 0 aromatic heterocycles. The molecule has 3 aromatic carbocycles. The van der Waals surface area contributed by atoms with Gasteiger partial charge in [-0.25, -0.2) is 14.4 Å². The van der Waals surface area contributed by atoms with Crippen LogP contribution in [0.5, 0.6) is 5.75 Å². The summed E-state index contributed by atoms with van der Waals surface area (Å²) >= 11 is 0. The Bertz CT molecular complexity index is 1620. The average molecular weight is 742 g/mol. The second-order valence-electron chi connectivity index (χ2n) is 15.3. The molecule has 3 aromatic rings. The standard InChI is InChI=1S/C46H63NO7/c1-8-9-10-11-12-13-14-15-16-21-26-51-43-29-36(28-33(4)34(43)5)30-52-44(48)35(6)54-45(49)42(27-32(2)3)47(7)46(50)53-31-41-39-24-19-17-22-37(39)38-23-18-20-25-40(38)41/h17-20,22-25,28-29,32,35,41-42H,8-16,21,26-27,30-31H2,1-7H3/t35-,42+/m1/s1. The van der Waals surface area contributed by atoms with E-state index >= 15 is 0 Å². The van der Waals surface area contributed by atoms with E-state index in [1.165, 1.54) is 70.2 Å². The maximum atomic E-state index is 13.5. The Morgan fingerprint density at radius 2 is 1.31 bits per heavy atom. The van der Waals surface area contributed by atoms with Crippen LogP contribution < -0.4 is 4.74 Å². The zero-order valence-electron chi connectivity index (χ0n) is 33.8. The van der Waals surface area contributed by atoms with Gasteiger partial charge in [0.1, 0.15) is 25.0 Å². The Morgan fingerprint density at radius 3 is 1.91 bits per heavy atom. The minimum atomic E-state index is -1.17. The van der Waals surface area contributed by atoms with Crippen LogP contribution in [-0.4, -0.2) is 55.3 Å². The molecule has 0 aliphatic heterocycles. The molecule has 0 heterocycles. The van der Waals surface area contributed by atoms with Crippen LogP contribution in [0.3, 0.4) is 0 Å². The lowest BCUT2D eigenvalue weighted by atomic mass is 9.98. The van der Waals surface area contributed by atoms with E-state index in [1.807, 2.05) is 64.1 Å². The van der Waals surface area contributed by atoms with Gasteiger partial charge in [-0.1, -0.05) is 133 Å².